The molecule has 0 bridgehead atoms. The molecule has 2 aromatic rings. The lowest BCUT2D eigenvalue weighted by Crippen LogP contribution is -2.50. The third kappa shape index (κ3) is 6.65. The fourth-order valence-electron chi connectivity index (χ4n) is 2.92. The maximum Gasteiger partial charge on any atom is 0.261 e. The van der Waals surface area contributed by atoms with Crippen LogP contribution in [0.25, 0.3) is 0 Å². The maximum absolute atomic E-state index is 13.0. The molecule has 0 spiro atoms. The predicted molar refractivity (Wildman–Crippen MR) is 116 cm³/mol. The standard InChI is InChI=1S/C22H26Cl2N2O3/c1-4-19(22(28)25-5-2)26(13-16-8-6-15(3)7-9-16)21(27)14-29-20-11-10-17(23)12-18(20)24/h6-12,19H,4-5,13-14H2,1-3H3,(H,25,28)/t19-/m0/s1. The lowest BCUT2D eigenvalue weighted by Gasteiger charge is -2.30. The van der Waals surface area contributed by atoms with Crippen molar-refractivity contribution in [2.75, 3.05) is 13.2 Å². The van der Waals surface area contributed by atoms with E-state index in [0.717, 1.165) is 11.1 Å². The number of rotatable bonds is 9. The van der Waals surface area contributed by atoms with Crippen molar-refractivity contribution in [3.63, 3.8) is 0 Å². The van der Waals surface area contributed by atoms with Gasteiger partial charge in [0.1, 0.15) is 11.8 Å². The number of likely N-dealkylation sites (N-methyl/N-ethyl adjacent to an activating group) is 1. The van der Waals surface area contributed by atoms with Gasteiger partial charge >= 0.3 is 0 Å². The Hall–Kier alpha value is -2.24. The Morgan fingerprint density at radius 1 is 1.10 bits per heavy atom. The first-order chi connectivity index (χ1) is 13.8. The van der Waals surface area contributed by atoms with Crippen molar-refractivity contribution < 1.29 is 14.3 Å². The van der Waals surface area contributed by atoms with Crippen LogP contribution in [0.4, 0.5) is 0 Å². The zero-order valence-electron chi connectivity index (χ0n) is 16.9. The van der Waals surface area contributed by atoms with Crippen LogP contribution in [0.1, 0.15) is 31.4 Å². The minimum atomic E-state index is -0.590. The summed E-state index contributed by atoms with van der Waals surface area (Å²) in [4.78, 5) is 27.1. The molecule has 0 fully saturated rings. The Morgan fingerprint density at radius 2 is 1.79 bits per heavy atom. The van der Waals surface area contributed by atoms with E-state index in [1.807, 2.05) is 45.0 Å². The van der Waals surface area contributed by atoms with E-state index in [-0.39, 0.29) is 18.4 Å². The molecule has 0 aliphatic rings. The van der Waals surface area contributed by atoms with Crippen LogP contribution < -0.4 is 10.1 Å². The van der Waals surface area contributed by atoms with Crippen molar-refractivity contribution in [1.29, 1.82) is 0 Å². The highest BCUT2D eigenvalue weighted by Crippen LogP contribution is 2.27. The molecule has 0 aliphatic carbocycles. The van der Waals surface area contributed by atoms with Gasteiger partial charge in [0, 0.05) is 18.1 Å². The molecule has 0 saturated carbocycles. The van der Waals surface area contributed by atoms with E-state index in [9.17, 15) is 9.59 Å². The highest BCUT2D eigenvalue weighted by Gasteiger charge is 2.28. The molecular weight excluding hydrogens is 411 g/mol. The lowest BCUT2D eigenvalue weighted by molar-refractivity contribution is -0.142. The number of ether oxygens (including phenoxy) is 1. The Labute approximate surface area is 181 Å². The third-order valence-corrected chi connectivity index (χ3v) is 4.99. The summed E-state index contributed by atoms with van der Waals surface area (Å²) in [6.45, 7) is 6.31. The number of hydrogen-bond donors (Lipinski definition) is 1. The van der Waals surface area contributed by atoms with Crippen molar-refractivity contribution in [3.8, 4) is 5.75 Å². The number of nitrogens with one attached hydrogen (secondary N) is 1. The summed E-state index contributed by atoms with van der Waals surface area (Å²) in [6, 6.07) is 12.1. The van der Waals surface area contributed by atoms with Gasteiger partial charge in [0.15, 0.2) is 6.61 Å². The van der Waals surface area contributed by atoms with E-state index in [0.29, 0.717) is 35.3 Å². The Bertz CT molecular complexity index is 840. The van der Waals surface area contributed by atoms with E-state index >= 15 is 0 Å². The van der Waals surface area contributed by atoms with Gasteiger partial charge in [0.2, 0.25) is 5.91 Å². The average Bonchev–Trinajstić information content (AvgIpc) is 2.68. The smallest absolute Gasteiger partial charge is 0.261 e. The summed E-state index contributed by atoms with van der Waals surface area (Å²) in [5.74, 6) is -0.111. The second kappa shape index (κ2) is 11.1. The predicted octanol–water partition coefficient (Wildman–Crippen LogP) is 4.62. The summed E-state index contributed by atoms with van der Waals surface area (Å²) in [5, 5.41) is 3.61. The number of carbonyl (C=O) groups excluding carboxylic acids is 2. The number of halogens is 2. The lowest BCUT2D eigenvalue weighted by atomic mass is 10.1. The number of carbonyl (C=O) groups is 2. The van der Waals surface area contributed by atoms with Crippen LogP contribution in [-0.4, -0.2) is 35.9 Å². The zero-order chi connectivity index (χ0) is 21.4. The van der Waals surface area contributed by atoms with Crippen LogP contribution in [0.2, 0.25) is 10.0 Å². The van der Waals surface area contributed by atoms with Gasteiger partial charge < -0.3 is 15.0 Å². The largest absolute Gasteiger partial charge is 0.482 e. The first-order valence-electron chi connectivity index (χ1n) is 9.56. The van der Waals surface area contributed by atoms with Gasteiger partial charge in [0.25, 0.3) is 5.91 Å². The Morgan fingerprint density at radius 3 is 2.38 bits per heavy atom. The highest BCUT2D eigenvalue weighted by molar-refractivity contribution is 6.35. The van der Waals surface area contributed by atoms with Crippen LogP contribution >= 0.6 is 23.2 Å². The van der Waals surface area contributed by atoms with E-state index < -0.39 is 6.04 Å². The molecule has 7 heteroatoms. The van der Waals surface area contributed by atoms with Crippen molar-refractivity contribution in [2.45, 2.75) is 39.8 Å². The minimum Gasteiger partial charge on any atom is -0.482 e. The van der Waals surface area contributed by atoms with Gasteiger partial charge in [-0.3, -0.25) is 9.59 Å². The molecule has 156 valence electrons. The maximum atomic E-state index is 13.0. The van der Waals surface area contributed by atoms with Gasteiger partial charge in [-0.15, -0.1) is 0 Å². The van der Waals surface area contributed by atoms with Gasteiger partial charge in [0.05, 0.1) is 5.02 Å². The average molecular weight is 437 g/mol. The van der Waals surface area contributed by atoms with Gasteiger partial charge in [-0.2, -0.15) is 0 Å². The number of hydrogen-bond acceptors (Lipinski definition) is 3. The zero-order valence-corrected chi connectivity index (χ0v) is 18.4. The number of nitrogens with zero attached hydrogens (tertiary/aromatic N) is 1. The SMILES string of the molecule is CCNC(=O)[C@H](CC)N(Cc1ccc(C)cc1)C(=O)COc1ccc(Cl)cc1Cl. The van der Waals surface area contributed by atoms with Crippen LogP contribution in [0.3, 0.4) is 0 Å². The van der Waals surface area contributed by atoms with Crippen LogP contribution in [-0.2, 0) is 16.1 Å². The molecule has 29 heavy (non-hydrogen) atoms. The summed E-state index contributed by atoms with van der Waals surface area (Å²) < 4.78 is 5.61. The Balaban J connectivity index is 2.20. The normalized spacial score (nSPS) is 11.6. The topological polar surface area (TPSA) is 58.6 Å². The molecule has 1 atom stereocenters. The summed E-state index contributed by atoms with van der Waals surface area (Å²) in [7, 11) is 0. The number of aryl methyl sites for hydroxylation is 1. The summed E-state index contributed by atoms with van der Waals surface area (Å²) in [5.41, 5.74) is 2.07. The number of amides is 2. The number of benzene rings is 2. The molecule has 2 aromatic carbocycles. The minimum absolute atomic E-state index is 0.181. The monoisotopic (exact) mass is 436 g/mol. The van der Waals surface area contributed by atoms with Crippen molar-refractivity contribution in [3.05, 3.63) is 63.6 Å². The second-order valence-corrected chi connectivity index (χ2v) is 7.53. The quantitative estimate of drug-likeness (QED) is 0.623. The molecule has 0 heterocycles. The molecule has 0 radical (unpaired) electrons. The van der Waals surface area contributed by atoms with E-state index in [2.05, 4.69) is 5.32 Å². The molecule has 2 rings (SSSR count). The first-order valence-corrected chi connectivity index (χ1v) is 10.3. The van der Waals surface area contributed by atoms with Crippen LogP contribution in [0, 0.1) is 6.92 Å². The first kappa shape index (κ1) is 23.0. The van der Waals surface area contributed by atoms with Crippen LogP contribution in [0.15, 0.2) is 42.5 Å². The van der Waals surface area contributed by atoms with E-state index in [1.165, 1.54) is 0 Å². The molecular formula is C22H26Cl2N2O3. The van der Waals surface area contributed by atoms with Crippen molar-refractivity contribution in [1.82, 2.24) is 10.2 Å². The third-order valence-electron chi connectivity index (χ3n) is 4.46. The van der Waals surface area contributed by atoms with Crippen molar-refractivity contribution >= 4 is 35.0 Å². The van der Waals surface area contributed by atoms with Gasteiger partial charge in [-0.1, -0.05) is 60.0 Å². The van der Waals surface area contributed by atoms with Crippen LogP contribution in [0.5, 0.6) is 5.75 Å². The second-order valence-electron chi connectivity index (χ2n) is 6.69. The fraction of sp³-hybridized carbons (Fsp3) is 0.364. The van der Waals surface area contributed by atoms with E-state index in [1.54, 1.807) is 23.1 Å². The molecule has 1 N–H and O–H groups in total. The van der Waals surface area contributed by atoms with Gasteiger partial charge in [-0.05, 0) is 44.0 Å². The van der Waals surface area contributed by atoms with E-state index in [4.69, 9.17) is 27.9 Å². The summed E-state index contributed by atoms with van der Waals surface area (Å²) in [6.07, 6.45) is 0.491. The molecule has 0 unspecified atom stereocenters. The van der Waals surface area contributed by atoms with Crippen molar-refractivity contribution in [2.24, 2.45) is 0 Å². The molecule has 0 saturated heterocycles. The molecule has 0 aromatic heterocycles. The Kier molecular flexibility index (Phi) is 8.80. The molecule has 2 amide bonds. The molecule has 0 aliphatic heterocycles. The highest BCUT2D eigenvalue weighted by atomic mass is 35.5. The molecule has 5 nitrogen and oxygen atoms in total. The fourth-order valence-corrected chi connectivity index (χ4v) is 3.38. The van der Waals surface area contributed by atoms with Gasteiger partial charge in [-0.25, -0.2) is 0 Å². The summed E-state index contributed by atoms with van der Waals surface area (Å²) >= 11 is 12.0.